The molecule has 0 radical (unpaired) electrons. The molecule has 0 aliphatic heterocycles. The largest absolute Gasteiger partial charge is 0.469 e. The number of thiophene rings is 1. The van der Waals surface area contributed by atoms with Crippen molar-refractivity contribution < 1.29 is 18.7 Å². The van der Waals surface area contributed by atoms with Crippen LogP contribution in [0.15, 0.2) is 46.4 Å². The van der Waals surface area contributed by atoms with Crippen LogP contribution < -0.4 is 5.32 Å². The van der Waals surface area contributed by atoms with Crippen LogP contribution in [0.4, 0.5) is 0 Å². The van der Waals surface area contributed by atoms with Crippen LogP contribution in [0.1, 0.15) is 44.8 Å². The molecule has 3 aromatic heterocycles. The van der Waals surface area contributed by atoms with Crippen molar-refractivity contribution in [3.05, 3.63) is 69.6 Å². The van der Waals surface area contributed by atoms with E-state index in [9.17, 15) is 9.59 Å². The van der Waals surface area contributed by atoms with Crippen LogP contribution in [0, 0.1) is 13.8 Å². The number of carbonyl (C=O) groups excluding carboxylic acids is 2. The molecule has 1 atom stereocenters. The van der Waals surface area contributed by atoms with Gasteiger partial charge in [-0.25, -0.2) is 0 Å². The molecular weight excluding hydrogens is 364 g/mol. The van der Waals surface area contributed by atoms with Gasteiger partial charge in [0.25, 0.3) is 5.91 Å². The van der Waals surface area contributed by atoms with Crippen molar-refractivity contribution in [2.45, 2.75) is 32.9 Å². The van der Waals surface area contributed by atoms with Crippen LogP contribution in [0.25, 0.3) is 0 Å². The molecule has 3 heterocycles. The minimum Gasteiger partial charge on any atom is -0.469 e. The predicted octanol–water partition coefficient (Wildman–Crippen LogP) is 3.84. The number of rotatable bonds is 7. The van der Waals surface area contributed by atoms with E-state index in [1.807, 2.05) is 54.1 Å². The van der Waals surface area contributed by atoms with Crippen molar-refractivity contribution in [3.8, 4) is 0 Å². The van der Waals surface area contributed by atoms with Crippen molar-refractivity contribution in [1.29, 1.82) is 0 Å². The number of furan rings is 1. The molecule has 6 nitrogen and oxygen atoms in total. The Morgan fingerprint density at radius 2 is 2.11 bits per heavy atom. The van der Waals surface area contributed by atoms with Gasteiger partial charge in [0.1, 0.15) is 5.76 Å². The number of nitrogens with one attached hydrogen (secondary N) is 1. The monoisotopic (exact) mass is 386 g/mol. The Kier molecular flexibility index (Phi) is 5.81. The standard InChI is InChI=1S/C20H22N2O4S/c1-13-10-16(14(2)22(13)12-15-6-4-8-26-15)20(24)21-17(11-19(23)25-3)18-7-5-9-27-18/h4-10,17H,11-12H2,1-3H3,(H,21,24). The highest BCUT2D eigenvalue weighted by molar-refractivity contribution is 7.10. The number of hydrogen-bond acceptors (Lipinski definition) is 5. The van der Waals surface area contributed by atoms with Gasteiger partial charge in [0.2, 0.25) is 0 Å². The Morgan fingerprint density at radius 3 is 2.74 bits per heavy atom. The summed E-state index contributed by atoms with van der Waals surface area (Å²) >= 11 is 1.50. The van der Waals surface area contributed by atoms with Gasteiger partial charge in [-0.05, 0) is 43.5 Å². The molecule has 0 aromatic carbocycles. The molecule has 3 rings (SSSR count). The first kappa shape index (κ1) is 19.0. The van der Waals surface area contributed by atoms with Crippen LogP contribution in [-0.2, 0) is 16.1 Å². The Morgan fingerprint density at radius 1 is 1.30 bits per heavy atom. The topological polar surface area (TPSA) is 73.5 Å². The molecule has 0 saturated heterocycles. The number of aryl methyl sites for hydroxylation is 1. The average molecular weight is 386 g/mol. The summed E-state index contributed by atoms with van der Waals surface area (Å²) in [6.07, 6.45) is 1.73. The molecular formula is C20H22N2O4S. The number of nitrogens with zero attached hydrogens (tertiary/aromatic N) is 1. The highest BCUT2D eigenvalue weighted by Gasteiger charge is 2.23. The number of aromatic nitrogens is 1. The van der Waals surface area contributed by atoms with Crippen LogP contribution in [-0.4, -0.2) is 23.6 Å². The summed E-state index contributed by atoms with van der Waals surface area (Å²) in [7, 11) is 1.35. The molecule has 27 heavy (non-hydrogen) atoms. The van der Waals surface area contributed by atoms with Crippen LogP contribution in [0.3, 0.4) is 0 Å². The van der Waals surface area contributed by atoms with Gasteiger partial charge in [0.05, 0.1) is 37.9 Å². The number of hydrogen-bond donors (Lipinski definition) is 1. The number of carbonyl (C=O) groups is 2. The fraction of sp³-hybridized carbons (Fsp3) is 0.300. The molecule has 1 N–H and O–H groups in total. The van der Waals surface area contributed by atoms with Gasteiger partial charge in [0.15, 0.2) is 0 Å². The Bertz CT molecular complexity index is 910. The fourth-order valence-electron chi connectivity index (χ4n) is 3.03. The van der Waals surface area contributed by atoms with Gasteiger partial charge in [-0.3, -0.25) is 9.59 Å². The maximum Gasteiger partial charge on any atom is 0.307 e. The molecule has 0 aliphatic carbocycles. The molecule has 0 saturated carbocycles. The second kappa shape index (κ2) is 8.26. The van der Waals surface area contributed by atoms with Crippen molar-refractivity contribution in [1.82, 2.24) is 9.88 Å². The van der Waals surface area contributed by atoms with E-state index in [1.54, 1.807) is 6.26 Å². The van der Waals surface area contributed by atoms with E-state index >= 15 is 0 Å². The Labute approximate surface area is 161 Å². The molecule has 7 heteroatoms. The van der Waals surface area contributed by atoms with E-state index in [-0.39, 0.29) is 18.3 Å². The quantitative estimate of drug-likeness (QED) is 0.626. The van der Waals surface area contributed by atoms with Gasteiger partial charge in [-0.2, -0.15) is 0 Å². The second-order valence-corrected chi connectivity index (χ2v) is 7.25. The summed E-state index contributed by atoms with van der Waals surface area (Å²) in [6, 6.07) is 8.98. The third kappa shape index (κ3) is 4.31. The van der Waals surface area contributed by atoms with E-state index in [1.165, 1.54) is 18.4 Å². The lowest BCUT2D eigenvalue weighted by Crippen LogP contribution is -2.30. The smallest absolute Gasteiger partial charge is 0.307 e. The van der Waals surface area contributed by atoms with Gasteiger partial charge in [-0.15, -0.1) is 11.3 Å². The average Bonchev–Trinajstić information content (AvgIpc) is 3.40. The molecule has 142 valence electrons. The molecule has 0 aliphatic rings. The normalized spacial score (nSPS) is 12.0. The van der Waals surface area contributed by atoms with Gasteiger partial charge >= 0.3 is 5.97 Å². The summed E-state index contributed by atoms with van der Waals surface area (Å²) in [4.78, 5) is 25.6. The maximum atomic E-state index is 12.9. The number of amides is 1. The van der Waals surface area contributed by atoms with Crippen molar-refractivity contribution in [3.63, 3.8) is 0 Å². The number of ether oxygens (including phenoxy) is 1. The number of esters is 1. The first-order valence-electron chi connectivity index (χ1n) is 8.59. The van der Waals surface area contributed by atoms with E-state index in [0.29, 0.717) is 12.1 Å². The number of methoxy groups -OCH3 is 1. The van der Waals surface area contributed by atoms with E-state index in [0.717, 1.165) is 22.0 Å². The maximum absolute atomic E-state index is 12.9. The summed E-state index contributed by atoms with van der Waals surface area (Å²) in [5.74, 6) is 0.249. The van der Waals surface area contributed by atoms with E-state index in [2.05, 4.69) is 5.32 Å². The van der Waals surface area contributed by atoms with Gasteiger partial charge in [0, 0.05) is 16.3 Å². The highest BCUT2D eigenvalue weighted by atomic mass is 32.1. The molecule has 0 bridgehead atoms. The first-order chi connectivity index (χ1) is 13.0. The molecule has 0 fully saturated rings. The summed E-state index contributed by atoms with van der Waals surface area (Å²) in [6.45, 7) is 4.43. The third-order valence-electron chi connectivity index (χ3n) is 4.50. The van der Waals surface area contributed by atoms with Crippen molar-refractivity contribution >= 4 is 23.2 Å². The molecule has 1 unspecified atom stereocenters. The zero-order valence-corrected chi connectivity index (χ0v) is 16.3. The lowest BCUT2D eigenvalue weighted by Gasteiger charge is -2.16. The van der Waals surface area contributed by atoms with Crippen LogP contribution in [0.2, 0.25) is 0 Å². The summed E-state index contributed by atoms with van der Waals surface area (Å²) < 4.78 is 12.2. The van der Waals surface area contributed by atoms with E-state index < -0.39 is 6.04 Å². The second-order valence-electron chi connectivity index (χ2n) is 6.27. The fourth-order valence-corrected chi connectivity index (χ4v) is 3.81. The molecule has 1 amide bonds. The summed E-state index contributed by atoms with van der Waals surface area (Å²) in [5.41, 5.74) is 2.41. The Hall–Kier alpha value is -2.80. The Balaban J connectivity index is 1.81. The highest BCUT2D eigenvalue weighted by Crippen LogP contribution is 2.24. The van der Waals surface area contributed by atoms with Crippen molar-refractivity contribution in [2.24, 2.45) is 0 Å². The first-order valence-corrected chi connectivity index (χ1v) is 9.47. The van der Waals surface area contributed by atoms with E-state index in [4.69, 9.17) is 9.15 Å². The molecule has 3 aromatic rings. The van der Waals surface area contributed by atoms with Gasteiger partial charge < -0.3 is 19.0 Å². The lowest BCUT2D eigenvalue weighted by molar-refractivity contribution is -0.141. The predicted molar refractivity (Wildman–Crippen MR) is 103 cm³/mol. The summed E-state index contributed by atoms with van der Waals surface area (Å²) in [5, 5.41) is 4.89. The van der Waals surface area contributed by atoms with Gasteiger partial charge in [-0.1, -0.05) is 6.07 Å². The molecule has 0 spiro atoms. The lowest BCUT2D eigenvalue weighted by atomic mass is 10.1. The third-order valence-corrected chi connectivity index (χ3v) is 5.49. The minimum absolute atomic E-state index is 0.0912. The van der Waals surface area contributed by atoms with Crippen LogP contribution in [0.5, 0.6) is 0 Å². The minimum atomic E-state index is -0.418. The van der Waals surface area contributed by atoms with Crippen molar-refractivity contribution in [2.75, 3.05) is 7.11 Å². The SMILES string of the molecule is COC(=O)CC(NC(=O)c1cc(C)n(Cc2ccco2)c1C)c1cccs1. The zero-order valence-electron chi connectivity index (χ0n) is 15.5. The zero-order chi connectivity index (χ0) is 19.4. The van der Waals surface area contributed by atoms with Crippen LogP contribution >= 0.6 is 11.3 Å².